The summed E-state index contributed by atoms with van der Waals surface area (Å²) in [7, 11) is 0. The van der Waals surface area contributed by atoms with Crippen molar-refractivity contribution in [2.24, 2.45) is 5.92 Å². The van der Waals surface area contributed by atoms with E-state index in [1.807, 2.05) is 62.4 Å². The monoisotopic (exact) mass is 499 g/mol. The highest BCUT2D eigenvalue weighted by molar-refractivity contribution is 6.51. The van der Waals surface area contributed by atoms with Gasteiger partial charge in [0, 0.05) is 11.3 Å². The molecule has 0 saturated carbocycles. The molecule has 0 aromatic heterocycles. The second-order valence-electron chi connectivity index (χ2n) is 9.66. The van der Waals surface area contributed by atoms with E-state index in [9.17, 15) is 14.7 Å². The van der Waals surface area contributed by atoms with E-state index in [1.54, 1.807) is 24.3 Å². The molecule has 1 N–H and O–H groups in total. The van der Waals surface area contributed by atoms with Crippen LogP contribution in [-0.2, 0) is 9.59 Å². The third kappa shape index (κ3) is 5.69. The summed E-state index contributed by atoms with van der Waals surface area (Å²) in [4.78, 5) is 28.3. The Balaban J connectivity index is 1.86. The zero-order chi connectivity index (χ0) is 26.5. The molecule has 37 heavy (non-hydrogen) atoms. The first-order valence-corrected chi connectivity index (χ1v) is 12.6. The molecule has 1 amide bonds. The quantitative estimate of drug-likeness (QED) is 0.208. The highest BCUT2D eigenvalue weighted by Gasteiger charge is 2.47. The van der Waals surface area contributed by atoms with Crippen LogP contribution in [0.1, 0.15) is 49.9 Å². The van der Waals surface area contributed by atoms with Gasteiger partial charge in [-0.3, -0.25) is 14.5 Å². The Morgan fingerprint density at radius 1 is 0.946 bits per heavy atom. The van der Waals surface area contributed by atoms with Crippen LogP contribution in [0, 0.1) is 12.8 Å². The number of ether oxygens (including phenoxy) is 2. The van der Waals surface area contributed by atoms with Gasteiger partial charge in [-0.2, -0.15) is 0 Å². The Morgan fingerprint density at radius 2 is 1.62 bits per heavy atom. The standard InChI is InChI=1S/C31H33NO5/c1-5-16-36-25-10-7-9-23(18-25)29(33)27-28(22-8-6-11-26(17-22)37-19-20(2)3)32(31(35)30(27)34)24-14-12-21(4)13-15-24/h6-15,17-18,20,28,33H,5,16,19H2,1-4H3/b29-27-. The fourth-order valence-electron chi connectivity index (χ4n) is 4.27. The van der Waals surface area contributed by atoms with Crippen molar-refractivity contribution >= 4 is 23.1 Å². The van der Waals surface area contributed by atoms with Gasteiger partial charge in [-0.25, -0.2) is 0 Å². The van der Waals surface area contributed by atoms with Crippen molar-refractivity contribution in [3.05, 3.63) is 95.1 Å². The maximum absolute atomic E-state index is 13.4. The number of aliphatic hydroxyl groups excluding tert-OH is 1. The molecule has 1 unspecified atom stereocenters. The number of hydrogen-bond donors (Lipinski definition) is 1. The molecule has 3 aromatic carbocycles. The summed E-state index contributed by atoms with van der Waals surface area (Å²) in [6.07, 6.45) is 0.840. The van der Waals surface area contributed by atoms with Crippen molar-refractivity contribution in [3.63, 3.8) is 0 Å². The SMILES string of the molecule is CCCOc1cccc(/C(O)=C2/C(=O)C(=O)N(c3ccc(C)cc3)C2c2cccc(OCC(C)C)c2)c1. The Morgan fingerprint density at radius 3 is 2.30 bits per heavy atom. The average molecular weight is 500 g/mol. The first kappa shape index (κ1) is 26.0. The number of Topliss-reactive ketones (excluding diaryl/α,β-unsaturated/α-hetero) is 1. The molecule has 1 aliphatic rings. The van der Waals surface area contributed by atoms with Gasteiger partial charge in [0.25, 0.3) is 11.7 Å². The minimum Gasteiger partial charge on any atom is -0.507 e. The van der Waals surface area contributed by atoms with Crippen LogP contribution in [0.4, 0.5) is 5.69 Å². The van der Waals surface area contributed by atoms with Gasteiger partial charge in [-0.1, -0.05) is 62.7 Å². The van der Waals surface area contributed by atoms with Crippen molar-refractivity contribution in [2.75, 3.05) is 18.1 Å². The zero-order valence-corrected chi connectivity index (χ0v) is 21.7. The van der Waals surface area contributed by atoms with E-state index in [0.29, 0.717) is 47.4 Å². The fraction of sp³-hybridized carbons (Fsp3) is 0.290. The van der Waals surface area contributed by atoms with Gasteiger partial charge in [-0.15, -0.1) is 0 Å². The largest absolute Gasteiger partial charge is 0.507 e. The molecule has 0 bridgehead atoms. The van der Waals surface area contributed by atoms with Crippen LogP contribution in [0.5, 0.6) is 11.5 Å². The maximum atomic E-state index is 13.4. The van der Waals surface area contributed by atoms with Crippen LogP contribution in [0.3, 0.4) is 0 Å². The summed E-state index contributed by atoms with van der Waals surface area (Å²) in [6.45, 7) is 9.16. The molecule has 0 aliphatic carbocycles. The van der Waals surface area contributed by atoms with Gasteiger partial charge < -0.3 is 14.6 Å². The normalized spacial score (nSPS) is 16.9. The first-order chi connectivity index (χ1) is 17.8. The van der Waals surface area contributed by atoms with Crippen molar-refractivity contribution in [2.45, 2.75) is 40.2 Å². The van der Waals surface area contributed by atoms with E-state index in [0.717, 1.165) is 12.0 Å². The third-order valence-corrected chi connectivity index (χ3v) is 6.09. The minimum atomic E-state index is -0.828. The summed E-state index contributed by atoms with van der Waals surface area (Å²) in [5, 5.41) is 11.4. The smallest absolute Gasteiger partial charge is 0.300 e. The van der Waals surface area contributed by atoms with Crippen LogP contribution in [-0.4, -0.2) is 30.0 Å². The van der Waals surface area contributed by atoms with E-state index in [1.165, 1.54) is 4.90 Å². The van der Waals surface area contributed by atoms with E-state index in [4.69, 9.17) is 9.47 Å². The van der Waals surface area contributed by atoms with Crippen molar-refractivity contribution in [1.29, 1.82) is 0 Å². The summed E-state index contributed by atoms with van der Waals surface area (Å²) in [5.41, 5.74) is 2.71. The topological polar surface area (TPSA) is 76.1 Å². The van der Waals surface area contributed by atoms with Gasteiger partial charge in [0.2, 0.25) is 0 Å². The predicted octanol–water partition coefficient (Wildman–Crippen LogP) is 6.44. The van der Waals surface area contributed by atoms with E-state index in [2.05, 4.69) is 13.8 Å². The van der Waals surface area contributed by atoms with E-state index < -0.39 is 17.7 Å². The number of amides is 1. The van der Waals surface area contributed by atoms with Gasteiger partial charge in [0.1, 0.15) is 17.3 Å². The van der Waals surface area contributed by atoms with Gasteiger partial charge in [0.05, 0.1) is 24.8 Å². The molecule has 192 valence electrons. The van der Waals surface area contributed by atoms with Crippen LogP contribution in [0.2, 0.25) is 0 Å². The molecule has 6 nitrogen and oxygen atoms in total. The van der Waals surface area contributed by atoms with E-state index in [-0.39, 0.29) is 11.3 Å². The Kier molecular flexibility index (Phi) is 7.97. The van der Waals surface area contributed by atoms with Crippen molar-refractivity contribution < 1.29 is 24.2 Å². The van der Waals surface area contributed by atoms with Crippen LogP contribution < -0.4 is 14.4 Å². The lowest BCUT2D eigenvalue weighted by Gasteiger charge is -2.26. The average Bonchev–Trinajstić information content (AvgIpc) is 3.17. The molecule has 6 heteroatoms. The van der Waals surface area contributed by atoms with Crippen LogP contribution >= 0.6 is 0 Å². The predicted molar refractivity (Wildman–Crippen MR) is 145 cm³/mol. The van der Waals surface area contributed by atoms with Crippen molar-refractivity contribution in [1.82, 2.24) is 0 Å². The second-order valence-corrected chi connectivity index (χ2v) is 9.66. The molecule has 1 aliphatic heterocycles. The number of carbonyl (C=O) groups is 2. The summed E-state index contributed by atoms with van der Waals surface area (Å²) in [5.74, 6) is -0.119. The minimum absolute atomic E-state index is 0.0271. The number of carbonyl (C=O) groups excluding carboxylic acids is 2. The number of aryl methyl sites for hydroxylation is 1. The third-order valence-electron chi connectivity index (χ3n) is 6.09. The second kappa shape index (κ2) is 11.3. The van der Waals surface area contributed by atoms with Crippen LogP contribution in [0.25, 0.3) is 5.76 Å². The summed E-state index contributed by atoms with van der Waals surface area (Å²) >= 11 is 0. The molecule has 4 rings (SSSR count). The fourth-order valence-corrected chi connectivity index (χ4v) is 4.27. The molecular weight excluding hydrogens is 466 g/mol. The molecule has 3 aromatic rings. The number of rotatable bonds is 9. The number of anilines is 1. The Bertz CT molecular complexity index is 1310. The lowest BCUT2D eigenvalue weighted by molar-refractivity contribution is -0.132. The highest BCUT2D eigenvalue weighted by Crippen LogP contribution is 2.43. The lowest BCUT2D eigenvalue weighted by Crippen LogP contribution is -2.29. The molecule has 1 heterocycles. The molecule has 0 spiro atoms. The zero-order valence-electron chi connectivity index (χ0n) is 21.7. The van der Waals surface area contributed by atoms with Gasteiger partial charge >= 0.3 is 0 Å². The Hall–Kier alpha value is -4.06. The molecule has 1 atom stereocenters. The highest BCUT2D eigenvalue weighted by atomic mass is 16.5. The number of nitrogens with zero attached hydrogens (tertiary/aromatic N) is 1. The first-order valence-electron chi connectivity index (χ1n) is 12.6. The lowest BCUT2D eigenvalue weighted by atomic mass is 9.95. The molecule has 0 radical (unpaired) electrons. The number of hydrogen-bond acceptors (Lipinski definition) is 5. The van der Waals surface area contributed by atoms with Crippen molar-refractivity contribution in [3.8, 4) is 11.5 Å². The van der Waals surface area contributed by atoms with Crippen LogP contribution in [0.15, 0.2) is 78.4 Å². The summed E-state index contributed by atoms with van der Waals surface area (Å²) in [6, 6.07) is 20.9. The summed E-state index contributed by atoms with van der Waals surface area (Å²) < 4.78 is 11.6. The number of aliphatic hydroxyl groups is 1. The van der Waals surface area contributed by atoms with Gasteiger partial charge in [-0.05, 0) is 61.2 Å². The maximum Gasteiger partial charge on any atom is 0.300 e. The molecular formula is C31H33NO5. The number of benzene rings is 3. The Labute approximate surface area is 218 Å². The van der Waals surface area contributed by atoms with Gasteiger partial charge in [0.15, 0.2) is 0 Å². The van der Waals surface area contributed by atoms with E-state index >= 15 is 0 Å². The molecule has 1 saturated heterocycles. The number of ketones is 1. The molecule has 1 fully saturated rings.